The van der Waals surface area contributed by atoms with Crippen LogP contribution in [0.3, 0.4) is 0 Å². The van der Waals surface area contributed by atoms with Gasteiger partial charge in [0.05, 0.1) is 13.1 Å². The van der Waals surface area contributed by atoms with Gasteiger partial charge in [-0.1, -0.05) is 0 Å². The molecule has 0 aromatic rings. The fraction of sp³-hybridized carbons (Fsp3) is 0.889. The molecule has 0 amide bonds. The van der Waals surface area contributed by atoms with E-state index in [4.69, 9.17) is 5.11 Å². The van der Waals surface area contributed by atoms with Gasteiger partial charge < -0.3 is 10.0 Å². The van der Waals surface area contributed by atoms with E-state index >= 15 is 0 Å². The highest BCUT2D eigenvalue weighted by Crippen LogP contribution is 2.33. The number of rotatable bonds is 3. The number of carboxylic acid groups (broad SMARTS) is 1. The third-order valence-corrected chi connectivity index (χ3v) is 2.66. The number of carboxylic acids is 1. The molecule has 0 aromatic carbocycles. The number of carbonyl (C=O) groups is 1. The highest BCUT2D eigenvalue weighted by Gasteiger charge is 2.36. The van der Waals surface area contributed by atoms with Crippen molar-refractivity contribution in [2.45, 2.75) is 19.3 Å². The monoisotopic (exact) mass is 189 g/mol. The molecular formula is C9H16FNO2. The summed E-state index contributed by atoms with van der Waals surface area (Å²) in [5.74, 6) is -0.895. The normalized spacial score (nSPS) is 30.3. The fourth-order valence-corrected chi connectivity index (χ4v) is 2.08. The van der Waals surface area contributed by atoms with Crippen LogP contribution < -0.4 is 0 Å². The van der Waals surface area contributed by atoms with E-state index in [0.29, 0.717) is 13.0 Å². The molecule has 0 spiro atoms. The Labute approximate surface area is 77.5 Å². The second kappa shape index (κ2) is 4.05. The van der Waals surface area contributed by atoms with Gasteiger partial charge in [-0.15, -0.1) is 0 Å². The molecule has 1 fully saturated rings. The standard InChI is InChI=1S/C9H16FNO2/c1-11-4-2-3-9(6-10,7-11)5-8(12)13/h2-7H2,1H3,(H,12,13). The highest BCUT2D eigenvalue weighted by molar-refractivity contribution is 5.67. The van der Waals surface area contributed by atoms with Crippen molar-refractivity contribution in [3.05, 3.63) is 0 Å². The van der Waals surface area contributed by atoms with E-state index < -0.39 is 18.1 Å². The molecule has 3 nitrogen and oxygen atoms in total. The van der Waals surface area contributed by atoms with Gasteiger partial charge in [-0.05, 0) is 26.4 Å². The Morgan fingerprint density at radius 2 is 2.38 bits per heavy atom. The van der Waals surface area contributed by atoms with Crippen LogP contribution >= 0.6 is 0 Å². The summed E-state index contributed by atoms with van der Waals surface area (Å²) in [6, 6.07) is 0. The SMILES string of the molecule is CN1CCCC(CF)(CC(=O)O)C1. The zero-order chi connectivity index (χ0) is 9.90. The van der Waals surface area contributed by atoms with Crippen molar-refractivity contribution >= 4 is 5.97 Å². The van der Waals surface area contributed by atoms with Crippen molar-refractivity contribution in [3.8, 4) is 0 Å². The largest absolute Gasteiger partial charge is 0.481 e. The zero-order valence-corrected chi connectivity index (χ0v) is 7.92. The summed E-state index contributed by atoms with van der Waals surface area (Å²) in [6.07, 6.45) is 1.54. The van der Waals surface area contributed by atoms with Crippen LogP contribution in [0, 0.1) is 5.41 Å². The number of halogens is 1. The molecule has 4 heteroatoms. The molecule has 1 aliphatic heterocycles. The number of aliphatic carboxylic acids is 1. The van der Waals surface area contributed by atoms with Crippen LogP contribution in [0.5, 0.6) is 0 Å². The lowest BCUT2D eigenvalue weighted by Gasteiger charge is -2.38. The molecule has 1 heterocycles. The summed E-state index contributed by atoms with van der Waals surface area (Å²) in [7, 11) is 1.91. The number of hydrogen-bond donors (Lipinski definition) is 1. The molecule has 1 atom stereocenters. The van der Waals surface area contributed by atoms with E-state index in [1.807, 2.05) is 11.9 Å². The Hall–Kier alpha value is -0.640. The van der Waals surface area contributed by atoms with E-state index in [1.165, 1.54) is 0 Å². The molecule has 0 aliphatic carbocycles. The van der Waals surface area contributed by atoms with Gasteiger partial charge in [-0.2, -0.15) is 0 Å². The van der Waals surface area contributed by atoms with E-state index in [1.54, 1.807) is 0 Å². The minimum Gasteiger partial charge on any atom is -0.481 e. The Balaban J connectivity index is 2.61. The first-order valence-electron chi connectivity index (χ1n) is 4.54. The predicted octanol–water partition coefficient (Wildman–Crippen LogP) is 1.14. The lowest BCUT2D eigenvalue weighted by Crippen LogP contribution is -2.43. The second-order valence-electron chi connectivity index (χ2n) is 4.05. The van der Waals surface area contributed by atoms with E-state index in [-0.39, 0.29) is 6.42 Å². The molecule has 0 bridgehead atoms. The second-order valence-corrected chi connectivity index (χ2v) is 4.05. The molecule has 1 unspecified atom stereocenters. The Morgan fingerprint density at radius 1 is 1.69 bits per heavy atom. The third kappa shape index (κ3) is 2.66. The van der Waals surface area contributed by atoms with E-state index in [0.717, 1.165) is 13.0 Å². The first-order chi connectivity index (χ1) is 6.08. The fourth-order valence-electron chi connectivity index (χ4n) is 2.08. The van der Waals surface area contributed by atoms with Crippen molar-refractivity contribution < 1.29 is 14.3 Å². The zero-order valence-electron chi connectivity index (χ0n) is 7.92. The minimum absolute atomic E-state index is 0.0478. The number of hydrogen-bond acceptors (Lipinski definition) is 2. The Kier molecular flexibility index (Phi) is 3.25. The van der Waals surface area contributed by atoms with E-state index in [9.17, 15) is 9.18 Å². The lowest BCUT2D eigenvalue weighted by molar-refractivity contribution is -0.141. The maximum Gasteiger partial charge on any atom is 0.304 e. The van der Waals surface area contributed by atoms with Crippen molar-refractivity contribution in [1.29, 1.82) is 0 Å². The molecule has 0 aromatic heterocycles. The smallest absolute Gasteiger partial charge is 0.304 e. The number of likely N-dealkylation sites (tertiary alicyclic amines) is 1. The number of alkyl halides is 1. The van der Waals surface area contributed by atoms with Gasteiger partial charge in [-0.3, -0.25) is 9.18 Å². The molecular weight excluding hydrogens is 173 g/mol. The molecule has 0 radical (unpaired) electrons. The quantitative estimate of drug-likeness (QED) is 0.723. The average Bonchev–Trinajstić information content (AvgIpc) is 2.03. The van der Waals surface area contributed by atoms with Crippen LogP contribution in [-0.2, 0) is 4.79 Å². The first-order valence-corrected chi connectivity index (χ1v) is 4.54. The lowest BCUT2D eigenvalue weighted by atomic mass is 9.78. The van der Waals surface area contributed by atoms with Crippen LogP contribution in [0.25, 0.3) is 0 Å². The summed E-state index contributed by atoms with van der Waals surface area (Å²) >= 11 is 0. The van der Waals surface area contributed by atoms with Crippen molar-refractivity contribution in [2.24, 2.45) is 5.41 Å². The van der Waals surface area contributed by atoms with Gasteiger partial charge >= 0.3 is 5.97 Å². The summed E-state index contributed by atoms with van der Waals surface area (Å²) in [4.78, 5) is 12.6. The summed E-state index contributed by atoms with van der Waals surface area (Å²) in [5.41, 5.74) is -0.626. The van der Waals surface area contributed by atoms with E-state index in [2.05, 4.69) is 0 Å². The molecule has 1 N–H and O–H groups in total. The van der Waals surface area contributed by atoms with Crippen LogP contribution in [0.4, 0.5) is 4.39 Å². The van der Waals surface area contributed by atoms with Gasteiger partial charge in [0.25, 0.3) is 0 Å². The Morgan fingerprint density at radius 3 is 2.85 bits per heavy atom. The molecule has 1 aliphatic rings. The third-order valence-electron chi connectivity index (χ3n) is 2.66. The summed E-state index contributed by atoms with van der Waals surface area (Å²) in [6.45, 7) is 0.987. The minimum atomic E-state index is -0.895. The van der Waals surface area contributed by atoms with Crippen LogP contribution in [0.1, 0.15) is 19.3 Å². The van der Waals surface area contributed by atoms with Crippen LogP contribution in [0.2, 0.25) is 0 Å². The van der Waals surface area contributed by atoms with Crippen molar-refractivity contribution in [1.82, 2.24) is 4.90 Å². The van der Waals surface area contributed by atoms with Crippen LogP contribution in [0.15, 0.2) is 0 Å². The highest BCUT2D eigenvalue weighted by atomic mass is 19.1. The van der Waals surface area contributed by atoms with Gasteiger partial charge in [-0.25, -0.2) is 0 Å². The first kappa shape index (κ1) is 10.4. The molecule has 1 rings (SSSR count). The number of nitrogens with zero attached hydrogens (tertiary/aromatic N) is 1. The maximum atomic E-state index is 12.8. The van der Waals surface area contributed by atoms with Gasteiger partial charge in [0, 0.05) is 12.0 Å². The van der Waals surface area contributed by atoms with Gasteiger partial charge in [0.1, 0.15) is 0 Å². The molecule has 1 saturated heterocycles. The van der Waals surface area contributed by atoms with Gasteiger partial charge in [0.15, 0.2) is 0 Å². The Bertz CT molecular complexity index is 198. The molecule has 13 heavy (non-hydrogen) atoms. The van der Waals surface area contributed by atoms with Crippen LogP contribution in [-0.4, -0.2) is 42.8 Å². The summed E-state index contributed by atoms with van der Waals surface area (Å²) < 4.78 is 12.8. The maximum absolute atomic E-state index is 12.8. The summed E-state index contributed by atoms with van der Waals surface area (Å²) in [5, 5.41) is 8.66. The average molecular weight is 189 g/mol. The molecule has 0 saturated carbocycles. The number of piperidine rings is 1. The van der Waals surface area contributed by atoms with Gasteiger partial charge in [0.2, 0.25) is 0 Å². The molecule has 76 valence electrons. The predicted molar refractivity (Wildman–Crippen MR) is 47.4 cm³/mol. The van der Waals surface area contributed by atoms with Crippen molar-refractivity contribution in [2.75, 3.05) is 26.8 Å². The topological polar surface area (TPSA) is 40.5 Å². The van der Waals surface area contributed by atoms with Crippen molar-refractivity contribution in [3.63, 3.8) is 0 Å².